The van der Waals surface area contributed by atoms with Gasteiger partial charge in [-0.25, -0.2) is 12.8 Å². The summed E-state index contributed by atoms with van der Waals surface area (Å²) >= 11 is 0. The predicted octanol–water partition coefficient (Wildman–Crippen LogP) is 2.95. The van der Waals surface area contributed by atoms with Gasteiger partial charge in [-0.15, -0.1) is 0 Å². The van der Waals surface area contributed by atoms with Gasteiger partial charge in [0, 0.05) is 12.0 Å². The number of sulfone groups is 1. The molecule has 1 unspecified atom stereocenters. The fourth-order valence-corrected chi connectivity index (χ4v) is 4.74. The number of carboxylic acids is 1. The Bertz CT molecular complexity index is 1220. The molecule has 2 aromatic rings. The number of hydrogen-bond acceptors (Lipinski definition) is 8. The van der Waals surface area contributed by atoms with Gasteiger partial charge in [0.1, 0.15) is 30.0 Å². The summed E-state index contributed by atoms with van der Waals surface area (Å²) in [5, 5.41) is 29.3. The van der Waals surface area contributed by atoms with E-state index in [1.54, 1.807) is 0 Å². The molecule has 1 atom stereocenters. The molecule has 0 heterocycles. The van der Waals surface area contributed by atoms with Gasteiger partial charge in [0.25, 0.3) is 0 Å². The van der Waals surface area contributed by atoms with E-state index in [1.165, 1.54) is 19.1 Å². The summed E-state index contributed by atoms with van der Waals surface area (Å²) in [5.74, 6) is -4.28. The van der Waals surface area contributed by atoms with Crippen LogP contribution < -0.4 is 4.74 Å². The zero-order valence-electron chi connectivity index (χ0n) is 19.3. The van der Waals surface area contributed by atoms with Crippen molar-refractivity contribution in [3.63, 3.8) is 0 Å². The Balaban J connectivity index is 2.12. The molecule has 9 nitrogen and oxygen atoms in total. The van der Waals surface area contributed by atoms with E-state index >= 15 is 0 Å². The van der Waals surface area contributed by atoms with Crippen LogP contribution in [0, 0.1) is 5.82 Å². The largest absolute Gasteiger partial charge is 0.507 e. The lowest BCUT2D eigenvalue weighted by Gasteiger charge is -2.17. The molecule has 2 rings (SSSR count). The van der Waals surface area contributed by atoms with Gasteiger partial charge in [-0.2, -0.15) is 0 Å². The van der Waals surface area contributed by atoms with Crippen molar-refractivity contribution in [2.24, 2.45) is 0 Å². The molecule has 190 valence electrons. The number of Topliss-reactive ketones (excluding diaryl/α,β-unsaturated/α-hetero) is 2. The summed E-state index contributed by atoms with van der Waals surface area (Å²) in [6.45, 7) is 2.71. The van der Waals surface area contributed by atoms with Crippen LogP contribution in [0.3, 0.4) is 0 Å². The third-order valence-corrected chi connectivity index (χ3v) is 6.92. The minimum absolute atomic E-state index is 0.121. The van der Waals surface area contributed by atoms with Crippen molar-refractivity contribution >= 4 is 27.4 Å². The van der Waals surface area contributed by atoms with Gasteiger partial charge < -0.3 is 20.1 Å². The molecule has 0 saturated carbocycles. The lowest BCUT2D eigenvalue weighted by Crippen LogP contribution is -2.27. The SMILES string of the molecule is CCCc1c(OCC(O)CS(=O)(=O)c2ccc(C(=O)CCC(=O)O)c(F)c2)ccc(C(C)=O)c1O. The molecule has 35 heavy (non-hydrogen) atoms. The summed E-state index contributed by atoms with van der Waals surface area (Å²) in [4.78, 5) is 33.7. The summed E-state index contributed by atoms with van der Waals surface area (Å²) < 4.78 is 45.1. The van der Waals surface area contributed by atoms with Crippen LogP contribution in [0.2, 0.25) is 0 Å². The summed E-state index contributed by atoms with van der Waals surface area (Å²) in [6, 6.07) is 5.45. The number of halogens is 1. The Morgan fingerprint density at radius 1 is 1.09 bits per heavy atom. The maximum atomic E-state index is 14.3. The van der Waals surface area contributed by atoms with E-state index in [0.29, 0.717) is 24.5 Å². The highest BCUT2D eigenvalue weighted by molar-refractivity contribution is 7.91. The second-order valence-electron chi connectivity index (χ2n) is 7.95. The Hall–Kier alpha value is -3.31. The van der Waals surface area contributed by atoms with E-state index in [4.69, 9.17) is 9.84 Å². The summed E-state index contributed by atoms with van der Waals surface area (Å²) in [5.41, 5.74) is 0.0580. The standard InChI is InChI=1S/C24H27FO9S/c1-3-4-19-22(9-7-17(14(2)26)24(19)31)34-12-15(27)13-35(32,33)16-5-6-18(20(25)11-16)21(28)8-10-23(29)30/h5-7,9,11,15,27,31H,3-4,8,10,12-13H2,1-2H3,(H,29,30). The maximum absolute atomic E-state index is 14.3. The third kappa shape index (κ3) is 7.33. The highest BCUT2D eigenvalue weighted by atomic mass is 32.2. The predicted molar refractivity (Wildman–Crippen MR) is 123 cm³/mol. The number of carbonyl (C=O) groups excluding carboxylic acids is 2. The van der Waals surface area contributed by atoms with Crippen molar-refractivity contribution < 1.29 is 47.2 Å². The number of ketones is 2. The zero-order chi connectivity index (χ0) is 26.3. The topological polar surface area (TPSA) is 155 Å². The molecule has 0 aliphatic heterocycles. The molecular weight excluding hydrogens is 483 g/mol. The number of ether oxygens (including phenoxy) is 1. The lowest BCUT2D eigenvalue weighted by molar-refractivity contribution is -0.136. The molecule has 0 radical (unpaired) electrons. The average Bonchev–Trinajstić information content (AvgIpc) is 2.77. The molecule has 0 aromatic heterocycles. The number of benzene rings is 2. The van der Waals surface area contributed by atoms with Gasteiger partial charge in [0.15, 0.2) is 21.4 Å². The summed E-state index contributed by atoms with van der Waals surface area (Å²) in [7, 11) is -4.17. The molecule has 11 heteroatoms. The van der Waals surface area contributed by atoms with Crippen molar-refractivity contribution in [3.8, 4) is 11.5 Å². The van der Waals surface area contributed by atoms with Gasteiger partial charge in [0.05, 0.1) is 28.2 Å². The van der Waals surface area contributed by atoms with E-state index in [-0.39, 0.29) is 22.8 Å². The number of rotatable bonds is 13. The number of aliphatic hydroxyl groups is 1. The second-order valence-corrected chi connectivity index (χ2v) is 9.98. The van der Waals surface area contributed by atoms with Crippen LogP contribution in [0.25, 0.3) is 0 Å². The second kappa shape index (κ2) is 11.9. The third-order valence-electron chi connectivity index (χ3n) is 5.13. The van der Waals surface area contributed by atoms with Crippen LogP contribution in [-0.4, -0.2) is 59.7 Å². The first-order valence-corrected chi connectivity index (χ1v) is 12.5. The Kier molecular flexibility index (Phi) is 9.49. The molecule has 0 fully saturated rings. The summed E-state index contributed by atoms with van der Waals surface area (Å²) in [6.07, 6.45) is -1.42. The molecule has 0 aliphatic carbocycles. The minimum Gasteiger partial charge on any atom is -0.507 e. The van der Waals surface area contributed by atoms with E-state index in [1.807, 2.05) is 6.92 Å². The van der Waals surface area contributed by atoms with Crippen molar-refractivity contribution in [3.05, 3.63) is 52.8 Å². The van der Waals surface area contributed by atoms with Gasteiger partial charge in [-0.05, 0) is 43.7 Å². The number of aliphatic hydroxyl groups excluding tert-OH is 1. The van der Waals surface area contributed by atoms with Crippen LogP contribution in [-0.2, 0) is 21.1 Å². The van der Waals surface area contributed by atoms with E-state index < -0.39 is 69.2 Å². The number of hydrogen-bond donors (Lipinski definition) is 3. The molecule has 2 aromatic carbocycles. The smallest absolute Gasteiger partial charge is 0.303 e. The molecule has 0 bridgehead atoms. The van der Waals surface area contributed by atoms with Crippen molar-refractivity contribution in [2.45, 2.75) is 50.5 Å². The molecule has 0 saturated heterocycles. The number of aromatic hydroxyl groups is 1. The first-order valence-electron chi connectivity index (χ1n) is 10.8. The Morgan fingerprint density at radius 2 is 1.74 bits per heavy atom. The minimum atomic E-state index is -4.17. The number of phenolic OH excluding ortho intramolecular Hbond substituents is 1. The van der Waals surface area contributed by atoms with Crippen molar-refractivity contribution in [1.29, 1.82) is 0 Å². The van der Waals surface area contributed by atoms with E-state index in [9.17, 15) is 37.4 Å². The van der Waals surface area contributed by atoms with Crippen molar-refractivity contribution in [2.75, 3.05) is 12.4 Å². The molecule has 0 amide bonds. The molecule has 0 spiro atoms. The fraction of sp³-hybridized carbons (Fsp3) is 0.375. The molecule has 3 N–H and O–H groups in total. The number of aliphatic carboxylic acids is 1. The van der Waals surface area contributed by atoms with Crippen LogP contribution in [0.5, 0.6) is 11.5 Å². The van der Waals surface area contributed by atoms with Crippen LogP contribution >= 0.6 is 0 Å². The van der Waals surface area contributed by atoms with Gasteiger partial charge in [-0.1, -0.05) is 13.3 Å². The van der Waals surface area contributed by atoms with Crippen molar-refractivity contribution in [1.82, 2.24) is 0 Å². The average molecular weight is 511 g/mol. The van der Waals surface area contributed by atoms with Gasteiger partial charge in [-0.3, -0.25) is 14.4 Å². The molecule has 0 aliphatic rings. The Morgan fingerprint density at radius 3 is 2.31 bits per heavy atom. The van der Waals surface area contributed by atoms with Crippen LogP contribution in [0.15, 0.2) is 35.2 Å². The highest BCUT2D eigenvalue weighted by Gasteiger charge is 2.24. The number of carbonyl (C=O) groups is 3. The van der Waals surface area contributed by atoms with Gasteiger partial charge in [0.2, 0.25) is 0 Å². The number of phenols is 1. The quantitative estimate of drug-likeness (QED) is 0.345. The first kappa shape index (κ1) is 27.9. The van der Waals surface area contributed by atoms with Gasteiger partial charge >= 0.3 is 5.97 Å². The Labute approximate surface area is 202 Å². The maximum Gasteiger partial charge on any atom is 0.303 e. The highest BCUT2D eigenvalue weighted by Crippen LogP contribution is 2.33. The first-order chi connectivity index (χ1) is 16.4. The number of carboxylic acid groups (broad SMARTS) is 1. The van der Waals surface area contributed by atoms with E-state index in [0.717, 1.165) is 12.1 Å². The fourth-order valence-electron chi connectivity index (χ4n) is 3.38. The normalized spacial score (nSPS) is 12.2. The lowest BCUT2D eigenvalue weighted by atomic mass is 10.0. The zero-order valence-corrected chi connectivity index (χ0v) is 20.1. The van der Waals surface area contributed by atoms with Crippen LogP contribution in [0.4, 0.5) is 4.39 Å². The monoisotopic (exact) mass is 510 g/mol. The van der Waals surface area contributed by atoms with Crippen LogP contribution in [0.1, 0.15) is 59.4 Å². The molecular formula is C24H27FO9S. The van der Waals surface area contributed by atoms with E-state index in [2.05, 4.69) is 0 Å².